The molecule has 0 bridgehead atoms. The molecule has 2 nitrogen and oxygen atoms in total. The summed E-state index contributed by atoms with van der Waals surface area (Å²) in [7, 11) is 0. The van der Waals surface area contributed by atoms with Gasteiger partial charge in [-0.3, -0.25) is 4.98 Å². The first-order chi connectivity index (χ1) is 7.90. The molecule has 1 heterocycles. The number of nitrogens with zero attached hydrogens (tertiary/aromatic N) is 2. The maximum absolute atomic E-state index is 8.92. The van der Waals surface area contributed by atoms with Gasteiger partial charge in [0.1, 0.15) is 0 Å². The second kappa shape index (κ2) is 4.90. The van der Waals surface area contributed by atoms with E-state index in [2.05, 4.69) is 11.1 Å². The Kier molecular flexibility index (Phi) is 3.10. The van der Waals surface area contributed by atoms with Crippen molar-refractivity contribution in [3.8, 4) is 6.07 Å². The number of nitriles is 1. The van der Waals surface area contributed by atoms with Crippen LogP contribution in [0.15, 0.2) is 48.8 Å². The van der Waals surface area contributed by atoms with Gasteiger partial charge in [-0.2, -0.15) is 5.26 Å². The second-order valence-electron chi connectivity index (χ2n) is 3.31. The molecular weight excluding hydrogens is 196 g/mol. The lowest BCUT2D eigenvalue weighted by molar-refractivity contribution is 1.32. The highest BCUT2D eigenvalue weighted by Crippen LogP contribution is 2.11. The van der Waals surface area contributed by atoms with Crippen molar-refractivity contribution in [3.05, 3.63) is 65.5 Å². The highest BCUT2D eigenvalue weighted by molar-refractivity contribution is 5.72. The van der Waals surface area contributed by atoms with Crippen molar-refractivity contribution in [2.75, 3.05) is 0 Å². The molecule has 0 N–H and O–H groups in total. The molecule has 2 heteroatoms. The molecule has 0 saturated heterocycles. The quantitative estimate of drug-likeness (QED) is 0.756. The summed E-state index contributed by atoms with van der Waals surface area (Å²) < 4.78 is 0. The lowest BCUT2D eigenvalue weighted by atomic mass is 10.1. The minimum absolute atomic E-state index is 0.688. The van der Waals surface area contributed by atoms with Crippen LogP contribution < -0.4 is 0 Å². The van der Waals surface area contributed by atoms with Crippen LogP contribution in [0.3, 0.4) is 0 Å². The summed E-state index contributed by atoms with van der Waals surface area (Å²) in [5, 5.41) is 8.92. The molecule has 0 unspecified atom stereocenters. The largest absolute Gasteiger partial charge is 0.265 e. The van der Waals surface area contributed by atoms with Gasteiger partial charge in [-0.15, -0.1) is 0 Å². The predicted octanol–water partition coefficient (Wildman–Crippen LogP) is 3.12. The summed E-state index contributed by atoms with van der Waals surface area (Å²) in [5.41, 5.74) is 2.69. The van der Waals surface area contributed by atoms with Crippen LogP contribution in [0.2, 0.25) is 0 Å². The lowest BCUT2D eigenvalue weighted by Crippen LogP contribution is -1.80. The number of pyridine rings is 1. The third-order valence-corrected chi connectivity index (χ3v) is 2.24. The van der Waals surface area contributed by atoms with Crippen molar-refractivity contribution in [1.29, 1.82) is 5.26 Å². The smallest absolute Gasteiger partial charge is 0.0997 e. The van der Waals surface area contributed by atoms with Crippen LogP contribution in [0, 0.1) is 11.3 Å². The summed E-state index contributed by atoms with van der Waals surface area (Å²) in [4.78, 5) is 3.95. The molecule has 76 valence electrons. The highest BCUT2D eigenvalue weighted by atomic mass is 14.6. The fourth-order valence-corrected chi connectivity index (χ4v) is 1.40. The van der Waals surface area contributed by atoms with Gasteiger partial charge < -0.3 is 0 Å². The van der Waals surface area contributed by atoms with Crippen LogP contribution in [0.25, 0.3) is 12.2 Å². The molecule has 2 rings (SSSR count). The van der Waals surface area contributed by atoms with Gasteiger partial charge in [-0.1, -0.05) is 30.4 Å². The molecule has 0 spiro atoms. The van der Waals surface area contributed by atoms with Crippen molar-refractivity contribution in [1.82, 2.24) is 4.98 Å². The summed E-state index contributed by atoms with van der Waals surface area (Å²) >= 11 is 0. The highest BCUT2D eigenvalue weighted by Gasteiger charge is 1.95. The average molecular weight is 206 g/mol. The third kappa shape index (κ3) is 2.34. The van der Waals surface area contributed by atoms with Crippen molar-refractivity contribution >= 4 is 12.2 Å². The van der Waals surface area contributed by atoms with E-state index in [1.54, 1.807) is 12.4 Å². The Bertz CT molecular complexity index is 536. The first-order valence-corrected chi connectivity index (χ1v) is 4.97. The van der Waals surface area contributed by atoms with Crippen LogP contribution in [0.1, 0.15) is 16.7 Å². The number of hydrogen-bond donors (Lipinski definition) is 0. The topological polar surface area (TPSA) is 36.7 Å². The van der Waals surface area contributed by atoms with Crippen LogP contribution in [-0.2, 0) is 0 Å². The zero-order valence-electron chi connectivity index (χ0n) is 8.67. The summed E-state index contributed by atoms with van der Waals surface area (Å²) in [5.74, 6) is 0. The van der Waals surface area contributed by atoms with Crippen molar-refractivity contribution in [2.24, 2.45) is 0 Å². The zero-order valence-corrected chi connectivity index (χ0v) is 8.67. The van der Waals surface area contributed by atoms with Crippen LogP contribution >= 0.6 is 0 Å². The van der Waals surface area contributed by atoms with Crippen molar-refractivity contribution in [3.63, 3.8) is 0 Å². The summed E-state index contributed by atoms with van der Waals surface area (Å²) in [6.45, 7) is 0. The first kappa shape index (κ1) is 10.1. The Morgan fingerprint density at radius 1 is 1.00 bits per heavy atom. The van der Waals surface area contributed by atoms with E-state index >= 15 is 0 Å². The van der Waals surface area contributed by atoms with E-state index in [-0.39, 0.29) is 0 Å². The van der Waals surface area contributed by atoms with Crippen LogP contribution in [0.5, 0.6) is 0 Å². The van der Waals surface area contributed by atoms with E-state index in [0.717, 1.165) is 11.1 Å². The van der Waals surface area contributed by atoms with Gasteiger partial charge in [-0.25, -0.2) is 0 Å². The van der Waals surface area contributed by atoms with Gasteiger partial charge >= 0.3 is 0 Å². The van der Waals surface area contributed by atoms with Gasteiger partial charge in [0.05, 0.1) is 11.6 Å². The molecule has 16 heavy (non-hydrogen) atoms. The van der Waals surface area contributed by atoms with E-state index in [0.29, 0.717) is 5.56 Å². The molecule has 0 amide bonds. The van der Waals surface area contributed by atoms with Gasteiger partial charge in [0, 0.05) is 12.4 Å². The molecule has 1 aromatic carbocycles. The molecular formula is C14H10N2. The normalized spacial score (nSPS) is 10.2. The number of aromatic nitrogens is 1. The molecule has 0 aliphatic heterocycles. The van der Waals surface area contributed by atoms with Crippen molar-refractivity contribution in [2.45, 2.75) is 0 Å². The number of hydrogen-bond acceptors (Lipinski definition) is 2. The van der Waals surface area contributed by atoms with Gasteiger partial charge in [0.25, 0.3) is 0 Å². The fourth-order valence-electron chi connectivity index (χ4n) is 1.40. The van der Waals surface area contributed by atoms with Gasteiger partial charge in [-0.05, 0) is 29.3 Å². The molecule has 0 aliphatic rings. The monoisotopic (exact) mass is 206 g/mol. The Balaban J connectivity index is 2.28. The molecule has 2 aromatic rings. The lowest BCUT2D eigenvalue weighted by Gasteiger charge is -1.96. The standard InChI is InChI=1S/C14H10N2/c15-11-14-4-2-1-3-13(14)6-5-12-7-9-16-10-8-12/h1-10H/b6-5+. The Labute approximate surface area is 94.5 Å². The van der Waals surface area contributed by atoms with Crippen LogP contribution in [0.4, 0.5) is 0 Å². The van der Waals surface area contributed by atoms with E-state index in [1.165, 1.54) is 0 Å². The molecule has 0 aliphatic carbocycles. The molecule has 1 aromatic heterocycles. The van der Waals surface area contributed by atoms with E-state index in [1.807, 2.05) is 48.6 Å². The molecule has 0 atom stereocenters. The zero-order chi connectivity index (χ0) is 11.2. The summed E-state index contributed by atoms with van der Waals surface area (Å²) in [6, 6.07) is 13.5. The van der Waals surface area contributed by atoms with Crippen LogP contribution in [-0.4, -0.2) is 4.98 Å². The van der Waals surface area contributed by atoms with Gasteiger partial charge in [0.2, 0.25) is 0 Å². The SMILES string of the molecule is N#Cc1ccccc1/C=C/c1ccncc1. The Hall–Kier alpha value is -2.40. The van der Waals surface area contributed by atoms with E-state index in [4.69, 9.17) is 5.26 Å². The molecule has 0 radical (unpaired) electrons. The third-order valence-electron chi connectivity index (χ3n) is 2.24. The predicted molar refractivity (Wildman–Crippen MR) is 64.3 cm³/mol. The minimum atomic E-state index is 0.688. The maximum Gasteiger partial charge on any atom is 0.0997 e. The minimum Gasteiger partial charge on any atom is -0.265 e. The Morgan fingerprint density at radius 2 is 1.75 bits per heavy atom. The van der Waals surface area contributed by atoms with Gasteiger partial charge in [0.15, 0.2) is 0 Å². The van der Waals surface area contributed by atoms with Crippen molar-refractivity contribution < 1.29 is 0 Å². The second-order valence-corrected chi connectivity index (χ2v) is 3.31. The van der Waals surface area contributed by atoms with E-state index in [9.17, 15) is 0 Å². The fraction of sp³-hybridized carbons (Fsp3) is 0. The molecule has 0 saturated carbocycles. The average Bonchev–Trinajstić information content (AvgIpc) is 2.38. The summed E-state index contributed by atoms with van der Waals surface area (Å²) in [6.07, 6.45) is 7.40. The first-order valence-electron chi connectivity index (χ1n) is 4.97. The molecule has 0 fully saturated rings. The maximum atomic E-state index is 8.92. The van der Waals surface area contributed by atoms with E-state index < -0.39 is 0 Å². The Morgan fingerprint density at radius 3 is 2.50 bits per heavy atom. The number of benzene rings is 1. The number of rotatable bonds is 2.